The number of hydrogen-bond acceptors (Lipinski definition) is 2. The molecule has 1 atom stereocenters. The Morgan fingerprint density at radius 3 is 2.44 bits per heavy atom. The topological polar surface area (TPSA) is 38.3 Å². The first-order valence-corrected chi connectivity index (χ1v) is 11.7. The van der Waals surface area contributed by atoms with Gasteiger partial charge in [-0.2, -0.15) is 13.2 Å². The molecule has 0 spiro atoms. The van der Waals surface area contributed by atoms with Gasteiger partial charge in [0, 0.05) is 11.3 Å². The SMILES string of the molecule is C/C=S(/NC(=O)c1cc(C2CC2)c(COc2cc(F)cc(C(F)(F)F)c2)cc1F)C1CC1. The van der Waals surface area contributed by atoms with Crippen LogP contribution in [0.2, 0.25) is 0 Å². The van der Waals surface area contributed by atoms with Crippen molar-refractivity contribution in [2.75, 3.05) is 0 Å². The van der Waals surface area contributed by atoms with Crippen LogP contribution in [-0.4, -0.2) is 16.5 Å². The van der Waals surface area contributed by atoms with Crippen LogP contribution in [0.1, 0.15) is 65.6 Å². The Kier molecular flexibility index (Phi) is 6.29. The summed E-state index contributed by atoms with van der Waals surface area (Å²) in [6, 6.07) is 4.65. The van der Waals surface area contributed by atoms with Crippen molar-refractivity contribution >= 4 is 21.9 Å². The second kappa shape index (κ2) is 8.84. The number of carbonyl (C=O) groups excluding carboxylic acids is 1. The fourth-order valence-corrected chi connectivity index (χ4v) is 5.13. The van der Waals surface area contributed by atoms with Crippen LogP contribution in [-0.2, 0) is 12.8 Å². The van der Waals surface area contributed by atoms with Gasteiger partial charge in [-0.05, 0) is 79.3 Å². The number of halogens is 5. The predicted molar refractivity (Wildman–Crippen MR) is 114 cm³/mol. The lowest BCUT2D eigenvalue weighted by atomic mass is 9.99. The third-order valence-electron chi connectivity index (χ3n) is 5.43. The Balaban J connectivity index is 1.55. The van der Waals surface area contributed by atoms with Gasteiger partial charge in [0.05, 0.1) is 11.1 Å². The maximum atomic E-state index is 14.8. The first-order chi connectivity index (χ1) is 15.2. The van der Waals surface area contributed by atoms with Crippen molar-refractivity contribution in [3.05, 3.63) is 64.2 Å². The second-order valence-electron chi connectivity index (χ2n) is 8.01. The number of amides is 1. The van der Waals surface area contributed by atoms with Crippen molar-refractivity contribution in [3.8, 4) is 5.75 Å². The van der Waals surface area contributed by atoms with Crippen molar-refractivity contribution in [2.45, 2.75) is 56.6 Å². The van der Waals surface area contributed by atoms with E-state index < -0.39 is 40.0 Å². The lowest BCUT2D eigenvalue weighted by Crippen LogP contribution is -2.21. The normalized spacial score (nSPS) is 17.3. The van der Waals surface area contributed by atoms with Gasteiger partial charge >= 0.3 is 6.18 Å². The summed E-state index contributed by atoms with van der Waals surface area (Å²) in [6.07, 6.45) is -0.901. The molecule has 172 valence electrons. The average Bonchev–Trinajstić information content (AvgIpc) is 3.61. The molecule has 4 rings (SSSR count). The minimum absolute atomic E-state index is 0.0548. The molecular formula is C23H22F5NO2S. The smallest absolute Gasteiger partial charge is 0.416 e. The van der Waals surface area contributed by atoms with Crippen LogP contribution >= 0.6 is 10.7 Å². The summed E-state index contributed by atoms with van der Waals surface area (Å²) in [5.74, 6) is -2.44. The highest BCUT2D eigenvalue weighted by Crippen LogP contribution is 2.43. The van der Waals surface area contributed by atoms with Crippen molar-refractivity contribution < 1.29 is 31.5 Å². The highest BCUT2D eigenvalue weighted by Gasteiger charge is 2.32. The van der Waals surface area contributed by atoms with Gasteiger partial charge in [-0.25, -0.2) is 8.78 Å². The van der Waals surface area contributed by atoms with E-state index in [1.54, 1.807) is 0 Å². The number of alkyl halides is 3. The van der Waals surface area contributed by atoms with Crippen molar-refractivity contribution in [1.82, 2.24) is 4.72 Å². The van der Waals surface area contributed by atoms with Gasteiger partial charge in [0.25, 0.3) is 5.91 Å². The zero-order valence-electron chi connectivity index (χ0n) is 17.3. The number of benzene rings is 2. The highest BCUT2D eigenvalue weighted by atomic mass is 32.2. The number of ether oxygens (including phenoxy) is 1. The van der Waals surface area contributed by atoms with Gasteiger partial charge in [0.1, 0.15) is 24.0 Å². The highest BCUT2D eigenvalue weighted by molar-refractivity contribution is 8.14. The van der Waals surface area contributed by atoms with Gasteiger partial charge in [-0.3, -0.25) is 4.79 Å². The van der Waals surface area contributed by atoms with E-state index in [0.29, 0.717) is 22.9 Å². The van der Waals surface area contributed by atoms with E-state index in [0.717, 1.165) is 37.3 Å². The number of rotatable bonds is 7. The number of carbonyl (C=O) groups is 1. The lowest BCUT2D eigenvalue weighted by Gasteiger charge is -2.16. The van der Waals surface area contributed by atoms with Gasteiger partial charge in [-0.1, -0.05) is 10.7 Å². The molecular weight excluding hydrogens is 449 g/mol. The van der Waals surface area contributed by atoms with Crippen LogP contribution in [0.3, 0.4) is 0 Å². The summed E-state index contributed by atoms with van der Waals surface area (Å²) >= 11 is 0. The molecule has 2 aromatic carbocycles. The zero-order valence-corrected chi connectivity index (χ0v) is 18.1. The molecule has 2 aromatic rings. The van der Waals surface area contributed by atoms with Crippen molar-refractivity contribution in [1.29, 1.82) is 0 Å². The third kappa shape index (κ3) is 5.31. The van der Waals surface area contributed by atoms with Gasteiger partial charge in [0.2, 0.25) is 0 Å². The Morgan fingerprint density at radius 2 is 1.84 bits per heavy atom. The first-order valence-electron chi connectivity index (χ1n) is 10.3. The molecule has 0 aliphatic heterocycles. The maximum Gasteiger partial charge on any atom is 0.416 e. The third-order valence-corrected chi connectivity index (χ3v) is 7.55. The minimum Gasteiger partial charge on any atom is -0.489 e. The van der Waals surface area contributed by atoms with Crippen LogP contribution in [0.4, 0.5) is 22.0 Å². The predicted octanol–water partition coefficient (Wildman–Crippen LogP) is 6.34. The molecule has 0 bridgehead atoms. The molecule has 1 amide bonds. The van der Waals surface area contributed by atoms with E-state index in [4.69, 9.17) is 4.74 Å². The molecule has 0 radical (unpaired) electrons. The fraction of sp³-hybridized carbons (Fsp3) is 0.391. The summed E-state index contributed by atoms with van der Waals surface area (Å²) in [5, 5.41) is 2.33. The zero-order chi connectivity index (χ0) is 23.0. The molecule has 2 fully saturated rings. The van der Waals surface area contributed by atoms with E-state index in [2.05, 4.69) is 4.72 Å². The largest absolute Gasteiger partial charge is 0.489 e. The summed E-state index contributed by atoms with van der Waals surface area (Å²) < 4.78 is 75.5. The maximum absolute atomic E-state index is 14.8. The van der Waals surface area contributed by atoms with E-state index in [1.807, 2.05) is 12.3 Å². The average molecular weight is 471 g/mol. The molecule has 2 aliphatic rings. The van der Waals surface area contributed by atoms with Gasteiger partial charge in [-0.15, -0.1) is 0 Å². The van der Waals surface area contributed by atoms with E-state index in [1.165, 1.54) is 12.1 Å². The summed E-state index contributed by atoms with van der Waals surface area (Å²) in [7, 11) is -0.402. The molecule has 2 saturated carbocycles. The second-order valence-corrected chi connectivity index (χ2v) is 10.1. The number of nitrogens with one attached hydrogen (secondary N) is 1. The molecule has 1 N–H and O–H groups in total. The van der Waals surface area contributed by atoms with Gasteiger partial charge < -0.3 is 9.46 Å². The van der Waals surface area contributed by atoms with Crippen molar-refractivity contribution in [3.63, 3.8) is 0 Å². The van der Waals surface area contributed by atoms with Crippen LogP contribution in [0.5, 0.6) is 5.75 Å². The molecule has 9 heteroatoms. The van der Waals surface area contributed by atoms with Crippen molar-refractivity contribution in [2.24, 2.45) is 0 Å². The summed E-state index contributed by atoms with van der Waals surface area (Å²) in [4.78, 5) is 12.7. The Labute approximate surface area is 185 Å². The minimum atomic E-state index is -4.71. The molecule has 32 heavy (non-hydrogen) atoms. The lowest BCUT2D eigenvalue weighted by molar-refractivity contribution is -0.137. The molecule has 2 aliphatic carbocycles. The summed E-state index contributed by atoms with van der Waals surface area (Å²) in [6.45, 7) is 1.63. The van der Waals surface area contributed by atoms with Crippen LogP contribution < -0.4 is 9.46 Å². The molecule has 0 aromatic heterocycles. The molecule has 0 heterocycles. The Bertz CT molecular complexity index is 1070. The van der Waals surface area contributed by atoms with Gasteiger partial charge in [0.15, 0.2) is 0 Å². The van der Waals surface area contributed by atoms with Crippen LogP contribution in [0, 0.1) is 11.6 Å². The Hall–Kier alpha value is -2.42. The fourth-order valence-electron chi connectivity index (χ4n) is 3.49. The molecule has 1 unspecified atom stereocenters. The standard InChI is InChI=1S/C23H22F5NO2S/c1-2-32(18-5-6-18)29-22(30)20-11-19(13-3-4-13)14(7-21(20)25)12-31-17-9-15(23(26,27)28)8-16(24)10-17/h2,7-11,13,18H,3-6,12H2,1H3,(H,29,30). The Morgan fingerprint density at radius 1 is 1.12 bits per heavy atom. The molecule has 3 nitrogen and oxygen atoms in total. The monoisotopic (exact) mass is 471 g/mol. The van der Waals surface area contributed by atoms with Crippen LogP contribution in [0.25, 0.3) is 0 Å². The van der Waals surface area contributed by atoms with E-state index in [9.17, 15) is 26.7 Å². The quantitative estimate of drug-likeness (QED) is 0.378. The summed E-state index contributed by atoms with van der Waals surface area (Å²) in [5.41, 5.74) is -0.0499. The van der Waals surface area contributed by atoms with E-state index >= 15 is 0 Å². The van der Waals surface area contributed by atoms with Crippen LogP contribution in [0.15, 0.2) is 30.3 Å². The first kappa shape index (κ1) is 22.8. The van der Waals surface area contributed by atoms with E-state index in [-0.39, 0.29) is 23.8 Å². The molecule has 0 saturated heterocycles. The number of hydrogen-bond donors (Lipinski definition) is 1.